The minimum atomic E-state index is -0.873. The van der Waals surface area contributed by atoms with Crippen LogP contribution in [0.15, 0.2) is 35.5 Å². The van der Waals surface area contributed by atoms with Crippen molar-refractivity contribution >= 4 is 16.1 Å². The fourth-order valence-electron chi connectivity index (χ4n) is 2.29. The van der Waals surface area contributed by atoms with Crippen LogP contribution in [0.4, 0.5) is 0 Å². The second kappa shape index (κ2) is 12.5. The maximum absolute atomic E-state index is 3.35. The minimum absolute atomic E-state index is 0. The normalized spacial score (nSPS) is 15.4. The number of hydrogen-bond donors (Lipinski definition) is 0. The van der Waals surface area contributed by atoms with Gasteiger partial charge in [0.25, 0.3) is 0 Å². The summed E-state index contributed by atoms with van der Waals surface area (Å²) in [7, 11) is -1.75. The molecule has 0 fully saturated rings. The topological polar surface area (TPSA) is 0 Å². The van der Waals surface area contributed by atoms with Gasteiger partial charge in [-0.3, -0.25) is 12.2 Å². The largest absolute Gasteiger partial charge is 4.00 e. The molecular weight excluding hydrogens is 489 g/mol. The molecule has 2 aliphatic rings. The van der Waals surface area contributed by atoms with E-state index in [9.17, 15) is 0 Å². The molecule has 0 N–H and O–H groups in total. The second-order valence-corrected chi connectivity index (χ2v) is 19.0. The first-order chi connectivity index (χ1) is 9.16. The Morgan fingerprint density at radius 1 is 0.739 bits per heavy atom. The monoisotopic (exact) mass is 520 g/mol. The van der Waals surface area contributed by atoms with Gasteiger partial charge in [-0.2, -0.15) is 12.2 Å². The number of allylic oxidation sites excluding steroid dienone is 8. The summed E-state index contributed by atoms with van der Waals surface area (Å²) in [5.74, 6) is 0. The summed E-state index contributed by atoms with van der Waals surface area (Å²) < 4.78 is 0. The summed E-state index contributed by atoms with van der Waals surface area (Å²) in [6.45, 7) is 14.4. The molecule has 0 radical (unpaired) electrons. The van der Waals surface area contributed by atoms with Crippen LogP contribution in [0.1, 0.15) is 12.8 Å². The fourth-order valence-corrected chi connectivity index (χ4v) is 5.06. The summed E-state index contributed by atoms with van der Waals surface area (Å²) in [4.78, 5) is 0. The van der Waals surface area contributed by atoms with Crippen molar-refractivity contribution in [2.45, 2.75) is 64.2 Å². The maximum atomic E-state index is 3.35. The van der Waals surface area contributed by atoms with Crippen LogP contribution in [0.25, 0.3) is 0 Å². The fraction of sp³-hybridized carbons (Fsp3) is 0.556. The van der Waals surface area contributed by atoms with Crippen LogP contribution in [0.5, 0.6) is 0 Å². The van der Waals surface area contributed by atoms with Crippen LogP contribution in [0.2, 0.25) is 51.4 Å². The molecule has 2 rings (SSSR count). The Balaban J connectivity index is -0.000000308. The molecule has 0 saturated carbocycles. The quantitative estimate of drug-likeness (QED) is 0.364. The van der Waals surface area contributed by atoms with E-state index >= 15 is 0 Å². The third-order valence-electron chi connectivity index (χ3n) is 2.97. The van der Waals surface area contributed by atoms with E-state index in [4.69, 9.17) is 0 Å². The zero-order valence-corrected chi connectivity index (χ0v) is 21.0. The molecule has 0 saturated heterocycles. The van der Waals surface area contributed by atoms with Crippen molar-refractivity contribution in [2.24, 2.45) is 0 Å². The van der Waals surface area contributed by atoms with Gasteiger partial charge in [0.05, 0.1) is 0 Å². The van der Waals surface area contributed by atoms with Gasteiger partial charge < -0.3 is 9.41 Å². The molecule has 0 bridgehead atoms. The van der Waals surface area contributed by atoms with Gasteiger partial charge in [-0.25, -0.2) is 23.3 Å². The number of halogens is 2. The van der Waals surface area contributed by atoms with E-state index in [-0.39, 0.29) is 35.3 Å². The number of hydrogen-bond acceptors (Lipinski definition) is 0. The SMILES string of the molecule is C[Si](C)(C)CC1=[C-]CC=C1.C[Si](C)(C)CC1=[C-]CC=C1.[F-].[F-].[Hf+4]. The molecule has 0 nitrogen and oxygen atoms in total. The van der Waals surface area contributed by atoms with Gasteiger partial charge in [-0.1, -0.05) is 51.4 Å². The third-order valence-corrected chi connectivity index (χ3v) is 5.86. The van der Waals surface area contributed by atoms with Gasteiger partial charge in [-0.05, 0) is 0 Å². The van der Waals surface area contributed by atoms with Gasteiger partial charge in [0.1, 0.15) is 0 Å². The zero-order valence-electron chi connectivity index (χ0n) is 15.4. The maximum Gasteiger partial charge on any atom is 4.00 e. The first kappa shape index (κ1) is 27.9. The predicted molar refractivity (Wildman–Crippen MR) is 97.3 cm³/mol. The summed E-state index contributed by atoms with van der Waals surface area (Å²) in [5.41, 5.74) is 2.89. The Morgan fingerprint density at radius 3 is 1.22 bits per heavy atom. The van der Waals surface area contributed by atoms with Crippen LogP contribution in [-0.4, -0.2) is 16.1 Å². The van der Waals surface area contributed by atoms with Crippen LogP contribution >= 0.6 is 0 Å². The molecule has 0 atom stereocenters. The molecule has 0 aromatic carbocycles. The average Bonchev–Trinajstić information content (AvgIpc) is 2.87. The first-order valence-electron chi connectivity index (χ1n) is 7.68. The van der Waals surface area contributed by atoms with Crippen LogP contribution in [0.3, 0.4) is 0 Å². The molecule has 23 heavy (non-hydrogen) atoms. The van der Waals surface area contributed by atoms with Crippen molar-refractivity contribution in [3.63, 3.8) is 0 Å². The Hall–Kier alpha value is 0.124. The minimum Gasteiger partial charge on any atom is -1.00 e. The molecule has 0 spiro atoms. The molecule has 128 valence electrons. The predicted octanol–water partition coefficient (Wildman–Crippen LogP) is 0.0337. The summed E-state index contributed by atoms with van der Waals surface area (Å²) >= 11 is 0. The average molecular weight is 519 g/mol. The van der Waals surface area contributed by atoms with Crippen molar-refractivity contribution in [2.75, 3.05) is 0 Å². The third kappa shape index (κ3) is 15.4. The van der Waals surface area contributed by atoms with Crippen molar-refractivity contribution in [3.05, 3.63) is 47.6 Å². The Kier molecular flexibility index (Phi) is 15.2. The van der Waals surface area contributed by atoms with E-state index in [1.807, 2.05) is 0 Å². The van der Waals surface area contributed by atoms with Crippen LogP contribution in [-0.2, 0) is 25.8 Å². The van der Waals surface area contributed by atoms with Gasteiger partial charge in [0.2, 0.25) is 0 Å². The van der Waals surface area contributed by atoms with Crippen LogP contribution in [0, 0.1) is 12.2 Å². The van der Waals surface area contributed by atoms with E-state index in [2.05, 4.69) is 75.7 Å². The molecule has 5 heteroatoms. The van der Waals surface area contributed by atoms with Crippen molar-refractivity contribution in [1.29, 1.82) is 0 Å². The van der Waals surface area contributed by atoms with E-state index in [1.165, 1.54) is 23.2 Å². The van der Waals surface area contributed by atoms with Crippen LogP contribution < -0.4 is 9.41 Å². The van der Waals surface area contributed by atoms with Gasteiger partial charge >= 0.3 is 25.8 Å². The molecule has 0 unspecified atom stereocenters. The van der Waals surface area contributed by atoms with Crippen molar-refractivity contribution in [1.82, 2.24) is 0 Å². The zero-order chi connectivity index (χ0) is 15.2. The Morgan fingerprint density at radius 2 is 1.04 bits per heavy atom. The van der Waals surface area contributed by atoms with Gasteiger partial charge in [0, 0.05) is 16.1 Å². The molecule has 0 heterocycles. The smallest absolute Gasteiger partial charge is 1.00 e. The Bertz CT molecular complexity index is 397. The first-order valence-corrected chi connectivity index (χ1v) is 15.1. The van der Waals surface area contributed by atoms with E-state index < -0.39 is 16.1 Å². The summed E-state index contributed by atoms with van der Waals surface area (Å²) in [6, 6.07) is 2.59. The molecule has 0 amide bonds. The summed E-state index contributed by atoms with van der Waals surface area (Å²) in [6.07, 6.45) is 17.6. The Labute approximate surface area is 162 Å². The second-order valence-electron chi connectivity index (χ2n) is 8.09. The number of rotatable bonds is 4. The van der Waals surface area contributed by atoms with E-state index in [1.54, 1.807) is 0 Å². The summed E-state index contributed by atoms with van der Waals surface area (Å²) in [5, 5.41) is 0. The molecule has 2 aliphatic carbocycles. The molecule has 0 aromatic heterocycles. The standard InChI is InChI=1S/2C9H15Si.2FH.Hf/c2*1-10(2,3)8-9-6-4-5-7-9;;;/h2*4,6H,5,8H2,1-3H3;2*1H;/q2*-1;;;+4/p-2. The van der Waals surface area contributed by atoms with E-state index in [0.717, 1.165) is 12.8 Å². The molecular formula is C18H30F2HfSi2. The van der Waals surface area contributed by atoms with Gasteiger partial charge in [-0.15, -0.1) is 12.8 Å². The van der Waals surface area contributed by atoms with Crippen molar-refractivity contribution < 1.29 is 35.3 Å². The van der Waals surface area contributed by atoms with Gasteiger partial charge in [0.15, 0.2) is 0 Å². The van der Waals surface area contributed by atoms with Crippen molar-refractivity contribution in [3.8, 4) is 0 Å². The molecule has 0 aliphatic heterocycles. The molecule has 0 aromatic rings. The van der Waals surface area contributed by atoms with E-state index in [0.29, 0.717) is 0 Å².